The summed E-state index contributed by atoms with van der Waals surface area (Å²) >= 11 is 0. The van der Waals surface area contributed by atoms with Gasteiger partial charge in [0.25, 0.3) is 0 Å². The molecular formula is C19H27O9P. The Morgan fingerprint density at radius 2 is 1.79 bits per heavy atom. The van der Waals surface area contributed by atoms with Gasteiger partial charge in [-0.1, -0.05) is 18.2 Å². The number of hydrogen-bond acceptors (Lipinski definition) is 9. The summed E-state index contributed by atoms with van der Waals surface area (Å²) < 4.78 is 46.4. The highest BCUT2D eigenvalue weighted by Crippen LogP contribution is 2.56. The summed E-state index contributed by atoms with van der Waals surface area (Å²) in [5.41, 5.74) is 0.320. The fourth-order valence-corrected chi connectivity index (χ4v) is 5.07. The highest BCUT2D eigenvalue weighted by atomic mass is 31.2. The lowest BCUT2D eigenvalue weighted by molar-refractivity contribution is -0.221. The van der Waals surface area contributed by atoms with Crippen LogP contribution in [0.4, 0.5) is 0 Å². The number of aliphatic hydroxyl groups excluding tert-OH is 1. The quantitative estimate of drug-likeness (QED) is 0.492. The number of rotatable bonds is 8. The van der Waals surface area contributed by atoms with E-state index < -0.39 is 49.8 Å². The van der Waals surface area contributed by atoms with Crippen LogP contribution in [0.25, 0.3) is 0 Å². The second-order valence-corrected chi connectivity index (χ2v) is 9.22. The fraction of sp³-hybridized carbons (Fsp3) is 0.632. The van der Waals surface area contributed by atoms with E-state index in [0.29, 0.717) is 5.56 Å². The molecule has 29 heavy (non-hydrogen) atoms. The second-order valence-electron chi connectivity index (χ2n) is 7.09. The third kappa shape index (κ3) is 4.72. The molecular weight excluding hydrogens is 403 g/mol. The summed E-state index contributed by atoms with van der Waals surface area (Å²) in [7, 11) is -3.96. The van der Waals surface area contributed by atoms with Crippen molar-refractivity contribution in [1.29, 1.82) is 0 Å². The molecule has 1 aromatic rings. The van der Waals surface area contributed by atoms with Crippen molar-refractivity contribution in [2.75, 3.05) is 13.2 Å². The van der Waals surface area contributed by atoms with Crippen molar-refractivity contribution in [2.45, 2.75) is 63.9 Å². The van der Waals surface area contributed by atoms with E-state index in [9.17, 15) is 14.5 Å². The van der Waals surface area contributed by atoms with Crippen molar-refractivity contribution >= 4 is 13.6 Å². The Morgan fingerprint density at radius 1 is 1.17 bits per heavy atom. The van der Waals surface area contributed by atoms with Gasteiger partial charge in [0, 0.05) is 0 Å². The van der Waals surface area contributed by atoms with E-state index in [-0.39, 0.29) is 13.2 Å². The summed E-state index contributed by atoms with van der Waals surface area (Å²) in [6.45, 7) is 6.77. The molecule has 0 saturated carbocycles. The van der Waals surface area contributed by atoms with Crippen molar-refractivity contribution < 1.29 is 42.5 Å². The summed E-state index contributed by atoms with van der Waals surface area (Å²) in [6, 6.07) is 8.38. The number of fused-ring (bicyclic) bond motifs is 1. The van der Waals surface area contributed by atoms with Gasteiger partial charge >= 0.3 is 13.6 Å². The first-order chi connectivity index (χ1) is 13.7. The van der Waals surface area contributed by atoms with Crippen molar-refractivity contribution in [3.05, 3.63) is 35.9 Å². The molecule has 2 aliphatic heterocycles. The van der Waals surface area contributed by atoms with Crippen molar-refractivity contribution in [3.63, 3.8) is 0 Å². The third-order valence-electron chi connectivity index (χ3n) is 4.52. The van der Waals surface area contributed by atoms with Crippen molar-refractivity contribution in [1.82, 2.24) is 0 Å². The molecule has 2 saturated heterocycles. The number of benzene rings is 1. The Morgan fingerprint density at radius 3 is 2.38 bits per heavy atom. The Balaban J connectivity index is 1.87. The Kier molecular flexibility index (Phi) is 6.80. The minimum absolute atomic E-state index is 0.0580. The predicted octanol–water partition coefficient (Wildman–Crippen LogP) is 2.67. The number of carbonyl (C=O) groups excluding carboxylic acids is 1. The molecule has 162 valence electrons. The number of ether oxygens (including phenoxy) is 4. The molecule has 0 amide bonds. The van der Waals surface area contributed by atoms with Crippen molar-refractivity contribution in [3.8, 4) is 0 Å². The standard InChI is InChI=1S/C19H27O9P/c1-5-23-29(22,24-6-2)17(21)14-13(15-18(26-14)28-19(3,4)27-15)25-16(20)12-10-8-7-9-11-12/h7-11,13-15,17-18,21H,5-6H2,1-4H3/t13-,14+,15-,17+,18-/m1/s1. The van der Waals surface area contributed by atoms with E-state index in [4.69, 9.17) is 28.0 Å². The molecule has 0 unspecified atom stereocenters. The zero-order chi connectivity index (χ0) is 21.2. The van der Waals surface area contributed by atoms with Crippen LogP contribution in [0, 0.1) is 0 Å². The topological polar surface area (TPSA) is 110 Å². The molecule has 0 aliphatic carbocycles. The molecule has 0 radical (unpaired) electrons. The van der Waals surface area contributed by atoms with Crippen molar-refractivity contribution in [2.24, 2.45) is 0 Å². The molecule has 5 atom stereocenters. The number of aliphatic hydroxyl groups is 1. The van der Waals surface area contributed by atoms with E-state index >= 15 is 0 Å². The summed E-state index contributed by atoms with van der Waals surface area (Å²) in [5.74, 6) is -3.29. The van der Waals surface area contributed by atoms with Gasteiger partial charge in [0.15, 0.2) is 30.1 Å². The lowest BCUT2D eigenvalue weighted by Crippen LogP contribution is -2.44. The molecule has 1 N–H and O–H groups in total. The van der Waals surface area contributed by atoms with E-state index in [1.54, 1.807) is 58.0 Å². The summed E-state index contributed by atoms with van der Waals surface area (Å²) in [5, 5.41) is 10.8. The van der Waals surface area contributed by atoms with Crippen LogP contribution in [0.1, 0.15) is 38.1 Å². The smallest absolute Gasteiger partial charge is 0.361 e. The zero-order valence-corrected chi connectivity index (χ0v) is 17.7. The number of esters is 1. The van der Waals surface area contributed by atoms with Crippen LogP contribution in [0.15, 0.2) is 30.3 Å². The molecule has 2 heterocycles. The maximum atomic E-state index is 13.1. The maximum Gasteiger partial charge on any atom is 0.361 e. The SMILES string of the molecule is CCOP(=O)(OCC)[C@H](O)[C@H]1O[C@@H]2OC(C)(C)O[C@@H]2[C@@H]1OC(=O)c1ccccc1. The van der Waals surface area contributed by atoms with Crippen LogP contribution < -0.4 is 0 Å². The molecule has 2 aliphatic rings. The van der Waals surface area contributed by atoms with Gasteiger partial charge in [-0.2, -0.15) is 0 Å². The molecule has 3 rings (SSSR count). The Hall–Kier alpha value is -1.32. The number of carbonyl (C=O) groups is 1. The van der Waals surface area contributed by atoms with E-state index in [2.05, 4.69) is 0 Å². The van der Waals surface area contributed by atoms with E-state index in [0.717, 1.165) is 0 Å². The number of hydrogen-bond donors (Lipinski definition) is 1. The highest BCUT2D eigenvalue weighted by molar-refractivity contribution is 7.54. The monoisotopic (exact) mass is 430 g/mol. The lowest BCUT2D eigenvalue weighted by atomic mass is 10.1. The molecule has 9 nitrogen and oxygen atoms in total. The van der Waals surface area contributed by atoms with Crippen LogP contribution in [-0.4, -0.2) is 60.5 Å². The van der Waals surface area contributed by atoms with Gasteiger partial charge in [-0.25, -0.2) is 4.79 Å². The first-order valence-electron chi connectivity index (χ1n) is 9.54. The summed E-state index contributed by atoms with van der Waals surface area (Å²) in [6.07, 6.45) is -4.03. The first kappa shape index (κ1) is 22.4. The van der Waals surface area contributed by atoms with Crippen LogP contribution >= 0.6 is 7.60 Å². The predicted molar refractivity (Wildman–Crippen MR) is 101 cm³/mol. The maximum absolute atomic E-state index is 13.1. The third-order valence-corrected chi connectivity index (χ3v) is 6.69. The van der Waals surface area contributed by atoms with Gasteiger partial charge in [-0.05, 0) is 39.8 Å². The van der Waals surface area contributed by atoms with E-state index in [1.807, 2.05) is 0 Å². The lowest BCUT2D eigenvalue weighted by Gasteiger charge is -2.31. The molecule has 0 bridgehead atoms. The minimum Gasteiger partial charge on any atom is -0.453 e. The summed E-state index contributed by atoms with van der Waals surface area (Å²) in [4.78, 5) is 12.6. The second kappa shape index (κ2) is 8.81. The van der Waals surface area contributed by atoms with Gasteiger partial charge < -0.3 is 33.1 Å². The highest BCUT2D eigenvalue weighted by Gasteiger charge is 2.61. The van der Waals surface area contributed by atoms with Crippen LogP contribution in [-0.2, 0) is 32.6 Å². The normalized spacial score (nSPS) is 29.4. The largest absolute Gasteiger partial charge is 0.453 e. The molecule has 0 spiro atoms. The van der Waals surface area contributed by atoms with Gasteiger partial charge in [0.05, 0.1) is 18.8 Å². The average Bonchev–Trinajstić information content (AvgIpc) is 3.14. The molecule has 0 aromatic heterocycles. The van der Waals surface area contributed by atoms with E-state index in [1.165, 1.54) is 0 Å². The van der Waals surface area contributed by atoms with Gasteiger partial charge in [-0.15, -0.1) is 0 Å². The molecule has 2 fully saturated rings. The molecule has 10 heteroatoms. The Bertz CT molecular complexity index is 743. The van der Waals surface area contributed by atoms with Crippen LogP contribution in [0.3, 0.4) is 0 Å². The molecule has 1 aromatic carbocycles. The minimum atomic E-state index is -3.96. The first-order valence-corrected chi connectivity index (χ1v) is 11.2. The Labute approximate surface area is 169 Å². The van der Waals surface area contributed by atoms with Gasteiger partial charge in [0.1, 0.15) is 6.10 Å². The van der Waals surface area contributed by atoms with Gasteiger partial charge in [-0.3, -0.25) is 4.57 Å². The fourth-order valence-electron chi connectivity index (χ4n) is 3.37. The zero-order valence-electron chi connectivity index (χ0n) is 16.8. The van der Waals surface area contributed by atoms with Crippen LogP contribution in [0.5, 0.6) is 0 Å². The van der Waals surface area contributed by atoms with Gasteiger partial charge in [0.2, 0.25) is 0 Å². The average molecular weight is 430 g/mol. The van der Waals surface area contributed by atoms with Crippen LogP contribution in [0.2, 0.25) is 0 Å².